The molecule has 2 aliphatic heterocycles. The lowest BCUT2D eigenvalue weighted by Crippen LogP contribution is -2.34. The van der Waals surface area contributed by atoms with Crippen LogP contribution in [0.3, 0.4) is 0 Å². The van der Waals surface area contributed by atoms with Crippen molar-refractivity contribution in [3.8, 4) is 5.75 Å². The fourth-order valence-electron chi connectivity index (χ4n) is 3.05. The topological polar surface area (TPSA) is 117 Å². The molecule has 3 N–H and O–H groups in total. The van der Waals surface area contributed by atoms with E-state index in [-0.39, 0.29) is 30.8 Å². The van der Waals surface area contributed by atoms with Crippen molar-refractivity contribution in [2.45, 2.75) is 19.6 Å². The molecule has 0 aliphatic carbocycles. The summed E-state index contributed by atoms with van der Waals surface area (Å²) in [4.78, 5) is 48.6. The molecule has 1 saturated heterocycles. The normalized spacial score (nSPS) is 17.9. The van der Waals surface area contributed by atoms with E-state index in [1.165, 1.54) is 0 Å². The summed E-state index contributed by atoms with van der Waals surface area (Å²) in [6.45, 7) is 1.81. The van der Waals surface area contributed by atoms with Gasteiger partial charge in [0.1, 0.15) is 5.75 Å². The largest absolute Gasteiger partial charge is 0.479 e. The molecule has 0 bridgehead atoms. The number of carbonyl (C=O) groups is 4. The molecule has 1 fully saturated rings. The Bertz CT molecular complexity index is 1000. The van der Waals surface area contributed by atoms with Crippen molar-refractivity contribution in [3.05, 3.63) is 53.6 Å². The summed E-state index contributed by atoms with van der Waals surface area (Å²) in [6.07, 6.45) is -0.566. The molecule has 0 spiro atoms. The Labute approximate surface area is 166 Å². The molecule has 9 heteroatoms. The minimum atomic E-state index is -0.566. The third kappa shape index (κ3) is 3.75. The molecular formula is C20H18N4O5. The van der Waals surface area contributed by atoms with Gasteiger partial charge in [-0.2, -0.15) is 0 Å². The second-order valence-electron chi connectivity index (χ2n) is 6.75. The lowest BCUT2D eigenvalue weighted by molar-refractivity contribution is -0.125. The summed E-state index contributed by atoms with van der Waals surface area (Å²) in [5, 5.41) is 7.96. The fourth-order valence-corrected chi connectivity index (χ4v) is 3.05. The fraction of sp³-hybridized carbons (Fsp3) is 0.200. The number of nitrogens with zero attached hydrogens (tertiary/aromatic N) is 1. The maximum absolute atomic E-state index is 12.5. The van der Waals surface area contributed by atoms with Gasteiger partial charge in [0.25, 0.3) is 11.8 Å². The smallest absolute Gasteiger partial charge is 0.324 e. The Kier molecular flexibility index (Phi) is 4.63. The summed E-state index contributed by atoms with van der Waals surface area (Å²) in [6, 6.07) is 11.2. The molecule has 4 rings (SSSR count). The second-order valence-corrected chi connectivity index (χ2v) is 6.75. The molecule has 2 aromatic rings. The number of hydrogen-bond donors (Lipinski definition) is 3. The summed E-state index contributed by atoms with van der Waals surface area (Å²) in [7, 11) is 0. The Balaban J connectivity index is 1.42. The minimum absolute atomic E-state index is 0.00447. The molecule has 2 heterocycles. The first kappa shape index (κ1) is 18.5. The number of nitrogens with one attached hydrogen (secondary N) is 3. The summed E-state index contributed by atoms with van der Waals surface area (Å²) in [5.41, 5.74) is 2.15. The van der Waals surface area contributed by atoms with Gasteiger partial charge in [-0.3, -0.25) is 19.3 Å². The monoisotopic (exact) mass is 394 g/mol. The van der Waals surface area contributed by atoms with Gasteiger partial charge in [-0.05, 0) is 42.8 Å². The maximum Gasteiger partial charge on any atom is 0.324 e. The second kappa shape index (κ2) is 7.27. The first-order valence-corrected chi connectivity index (χ1v) is 9.01. The average molecular weight is 394 g/mol. The Morgan fingerprint density at radius 1 is 1.17 bits per heavy atom. The van der Waals surface area contributed by atoms with Crippen molar-refractivity contribution in [1.82, 2.24) is 10.2 Å². The number of benzene rings is 2. The van der Waals surface area contributed by atoms with Crippen LogP contribution in [0.15, 0.2) is 42.5 Å². The first-order valence-electron chi connectivity index (χ1n) is 9.01. The van der Waals surface area contributed by atoms with Gasteiger partial charge < -0.3 is 20.7 Å². The zero-order valence-electron chi connectivity index (χ0n) is 15.5. The van der Waals surface area contributed by atoms with E-state index in [0.29, 0.717) is 22.7 Å². The SMILES string of the molecule is C[C@@H]1Oc2ccc(NC(=O)c3ccc(CN4C(=O)CNC4=O)cc3)cc2NC1=O. The third-order valence-corrected chi connectivity index (χ3v) is 4.66. The number of ether oxygens (including phenoxy) is 1. The van der Waals surface area contributed by atoms with Crippen LogP contribution in [0.1, 0.15) is 22.8 Å². The molecule has 1 atom stereocenters. The molecule has 29 heavy (non-hydrogen) atoms. The van der Waals surface area contributed by atoms with Gasteiger partial charge in [0.2, 0.25) is 5.91 Å². The van der Waals surface area contributed by atoms with Crippen LogP contribution in [0.2, 0.25) is 0 Å². The van der Waals surface area contributed by atoms with E-state index in [2.05, 4.69) is 16.0 Å². The van der Waals surface area contributed by atoms with Crippen molar-refractivity contribution in [3.63, 3.8) is 0 Å². The van der Waals surface area contributed by atoms with Crippen LogP contribution < -0.4 is 20.7 Å². The average Bonchev–Trinajstić information content (AvgIpc) is 3.01. The van der Waals surface area contributed by atoms with Crippen LogP contribution in [-0.2, 0) is 16.1 Å². The summed E-state index contributed by atoms with van der Waals surface area (Å²) < 4.78 is 5.49. The van der Waals surface area contributed by atoms with Gasteiger partial charge in [0.15, 0.2) is 6.10 Å². The van der Waals surface area contributed by atoms with Gasteiger partial charge >= 0.3 is 6.03 Å². The first-order chi connectivity index (χ1) is 13.9. The van der Waals surface area contributed by atoms with Gasteiger partial charge in [-0.1, -0.05) is 12.1 Å². The molecule has 2 aliphatic rings. The number of anilines is 2. The molecule has 2 aromatic carbocycles. The van der Waals surface area contributed by atoms with Crippen molar-refractivity contribution in [2.24, 2.45) is 0 Å². The highest BCUT2D eigenvalue weighted by Crippen LogP contribution is 2.32. The zero-order chi connectivity index (χ0) is 20.5. The highest BCUT2D eigenvalue weighted by Gasteiger charge is 2.28. The number of urea groups is 1. The predicted octanol–water partition coefficient (Wildman–Crippen LogP) is 1.71. The third-order valence-electron chi connectivity index (χ3n) is 4.66. The summed E-state index contributed by atoms with van der Waals surface area (Å²) in [5.74, 6) is -0.320. The van der Waals surface area contributed by atoms with Crippen LogP contribution in [-0.4, -0.2) is 41.3 Å². The number of rotatable bonds is 4. The Morgan fingerprint density at radius 2 is 1.93 bits per heavy atom. The lowest BCUT2D eigenvalue weighted by Gasteiger charge is -2.23. The zero-order valence-corrected chi connectivity index (χ0v) is 15.5. The highest BCUT2D eigenvalue weighted by atomic mass is 16.5. The Hall–Kier alpha value is -3.88. The quantitative estimate of drug-likeness (QED) is 0.683. The molecule has 0 saturated carbocycles. The van der Waals surface area contributed by atoms with E-state index in [4.69, 9.17) is 4.74 Å². The molecule has 0 unspecified atom stereocenters. The summed E-state index contributed by atoms with van der Waals surface area (Å²) >= 11 is 0. The molecule has 5 amide bonds. The standard InChI is InChI=1S/C20H18N4O5/c1-11-18(26)23-15-8-14(6-7-16(15)29-11)22-19(27)13-4-2-12(3-5-13)10-24-17(25)9-21-20(24)28/h2-8,11H,9-10H2,1H3,(H,21,28)(H,22,27)(H,23,26)/t11-/m0/s1. The molecule has 0 aromatic heterocycles. The van der Waals surface area contributed by atoms with Crippen LogP contribution in [0.4, 0.5) is 16.2 Å². The number of carbonyl (C=O) groups excluding carboxylic acids is 4. The molecule has 0 radical (unpaired) electrons. The van der Waals surface area contributed by atoms with Crippen LogP contribution >= 0.6 is 0 Å². The molecule has 9 nitrogen and oxygen atoms in total. The molecule has 148 valence electrons. The minimum Gasteiger partial charge on any atom is -0.479 e. The van der Waals surface area contributed by atoms with Gasteiger partial charge in [-0.15, -0.1) is 0 Å². The van der Waals surface area contributed by atoms with Gasteiger partial charge in [0.05, 0.1) is 18.8 Å². The van der Waals surface area contributed by atoms with E-state index in [1.807, 2.05) is 0 Å². The number of imide groups is 1. The lowest BCUT2D eigenvalue weighted by atomic mass is 10.1. The highest BCUT2D eigenvalue weighted by molar-refractivity contribution is 6.05. The van der Waals surface area contributed by atoms with Crippen molar-refractivity contribution >= 4 is 35.1 Å². The van der Waals surface area contributed by atoms with E-state index < -0.39 is 12.1 Å². The van der Waals surface area contributed by atoms with E-state index in [1.54, 1.807) is 49.4 Å². The van der Waals surface area contributed by atoms with Crippen LogP contribution in [0, 0.1) is 0 Å². The maximum atomic E-state index is 12.5. The van der Waals surface area contributed by atoms with Crippen LogP contribution in [0.5, 0.6) is 5.75 Å². The Morgan fingerprint density at radius 3 is 2.62 bits per heavy atom. The number of fused-ring (bicyclic) bond motifs is 1. The van der Waals surface area contributed by atoms with Crippen molar-refractivity contribution in [2.75, 3.05) is 17.2 Å². The van der Waals surface area contributed by atoms with E-state index in [0.717, 1.165) is 10.5 Å². The number of hydrogen-bond acceptors (Lipinski definition) is 5. The van der Waals surface area contributed by atoms with Crippen molar-refractivity contribution < 1.29 is 23.9 Å². The van der Waals surface area contributed by atoms with Crippen LogP contribution in [0.25, 0.3) is 0 Å². The van der Waals surface area contributed by atoms with Gasteiger partial charge in [0, 0.05) is 11.3 Å². The van der Waals surface area contributed by atoms with Gasteiger partial charge in [-0.25, -0.2) is 4.79 Å². The van der Waals surface area contributed by atoms with E-state index in [9.17, 15) is 19.2 Å². The predicted molar refractivity (Wildman–Crippen MR) is 104 cm³/mol. The van der Waals surface area contributed by atoms with Crippen molar-refractivity contribution in [1.29, 1.82) is 0 Å². The van der Waals surface area contributed by atoms with E-state index >= 15 is 0 Å². The number of amides is 5. The molecular weight excluding hydrogens is 376 g/mol.